The smallest absolute Gasteiger partial charge is 0.410 e. The number of hydrogen-bond acceptors (Lipinski definition) is 6. The van der Waals surface area contributed by atoms with Gasteiger partial charge in [-0.05, 0) is 70.2 Å². The first-order valence-electron chi connectivity index (χ1n) is 11.6. The Labute approximate surface area is 205 Å². The Hall–Kier alpha value is -1.84. The number of nitrogens with zero attached hydrogens (tertiary/aromatic N) is 1. The van der Waals surface area contributed by atoms with Crippen molar-refractivity contribution >= 4 is 17.9 Å². The third-order valence-corrected chi connectivity index (χ3v) is 6.67. The third kappa shape index (κ3) is 9.80. The molecule has 0 aromatic heterocycles. The minimum atomic E-state index is -3.29. The number of halogens is 2. The zero-order valence-electron chi connectivity index (χ0n) is 20.4. The zero-order valence-corrected chi connectivity index (χ0v) is 21.2. The van der Waals surface area contributed by atoms with Crippen molar-refractivity contribution in [2.75, 3.05) is 13.1 Å². The van der Waals surface area contributed by atoms with Crippen molar-refractivity contribution in [1.82, 2.24) is 4.90 Å². The Balaban J connectivity index is 1.90. The van der Waals surface area contributed by atoms with Crippen molar-refractivity contribution in [2.24, 2.45) is 11.8 Å². The average Bonchev–Trinajstić information content (AvgIpc) is 3.43. The molecular formula is C25H37F2NO5S. The van der Waals surface area contributed by atoms with Crippen molar-refractivity contribution in [2.45, 2.75) is 81.5 Å². The molecule has 2 unspecified atom stereocenters. The maximum atomic E-state index is 13.6. The van der Waals surface area contributed by atoms with Crippen LogP contribution < -0.4 is 4.74 Å². The highest BCUT2D eigenvalue weighted by Gasteiger charge is 2.41. The number of carbonyl (C=O) groups is 1. The molecule has 6 nitrogen and oxygen atoms in total. The van der Waals surface area contributed by atoms with Crippen LogP contribution in [0.3, 0.4) is 0 Å². The lowest BCUT2D eigenvalue weighted by Crippen LogP contribution is -2.42. The summed E-state index contributed by atoms with van der Waals surface area (Å²) < 4.78 is 37.3. The van der Waals surface area contributed by atoms with E-state index < -0.39 is 36.4 Å². The number of aliphatic hydroxyl groups excluding tert-OH is 1. The SMILES string of the molecule is C=CCC(F)(F)Oc1ccc(SC2CC2C[C@H](CN(CCC)C(=O)OC(C)(C)C)C(O)O)cc1. The summed E-state index contributed by atoms with van der Waals surface area (Å²) in [5.41, 5.74) is -0.628. The van der Waals surface area contributed by atoms with E-state index in [4.69, 9.17) is 9.47 Å². The van der Waals surface area contributed by atoms with E-state index in [0.29, 0.717) is 13.0 Å². The number of benzene rings is 1. The maximum absolute atomic E-state index is 13.6. The summed E-state index contributed by atoms with van der Waals surface area (Å²) in [6.45, 7) is 11.3. The van der Waals surface area contributed by atoms with Gasteiger partial charge in [0.2, 0.25) is 0 Å². The standard InChI is InChI=1S/C25H37F2NO5S/c1-6-12-25(26,27)32-19-8-10-20(11-9-19)34-21-15-17(21)14-18(22(29)30)16-28(13-7-2)23(31)33-24(3,4)5/h6,8-11,17-18,21-22,29-30H,1,7,12-16H2,2-5H3/t17?,18-,21?/m1/s1. The van der Waals surface area contributed by atoms with Gasteiger partial charge in [-0.15, -0.1) is 18.3 Å². The highest BCUT2D eigenvalue weighted by molar-refractivity contribution is 8.00. The Kier molecular flexibility index (Phi) is 10.2. The Morgan fingerprint density at radius 1 is 1.29 bits per heavy atom. The molecule has 0 bridgehead atoms. The quantitative estimate of drug-likeness (QED) is 0.267. The zero-order chi connectivity index (χ0) is 25.5. The van der Waals surface area contributed by atoms with E-state index in [0.717, 1.165) is 23.8 Å². The van der Waals surface area contributed by atoms with Crippen LogP contribution in [0.5, 0.6) is 5.75 Å². The van der Waals surface area contributed by atoms with Crippen molar-refractivity contribution in [3.63, 3.8) is 0 Å². The van der Waals surface area contributed by atoms with Crippen molar-refractivity contribution in [3.05, 3.63) is 36.9 Å². The summed E-state index contributed by atoms with van der Waals surface area (Å²) in [6.07, 6.45) is -2.53. The molecule has 1 amide bonds. The molecule has 0 radical (unpaired) electrons. The molecule has 34 heavy (non-hydrogen) atoms. The lowest BCUT2D eigenvalue weighted by Gasteiger charge is -2.30. The minimum absolute atomic E-state index is 0.0881. The van der Waals surface area contributed by atoms with Gasteiger partial charge in [0.05, 0.1) is 6.42 Å². The Morgan fingerprint density at radius 2 is 1.94 bits per heavy atom. The second-order valence-corrected chi connectivity index (χ2v) is 11.0. The first-order chi connectivity index (χ1) is 15.8. The van der Waals surface area contributed by atoms with Crippen molar-refractivity contribution in [1.29, 1.82) is 0 Å². The van der Waals surface area contributed by atoms with Gasteiger partial charge in [-0.3, -0.25) is 0 Å². The minimum Gasteiger partial charge on any atom is -0.444 e. The molecular weight excluding hydrogens is 464 g/mol. The topological polar surface area (TPSA) is 79.2 Å². The van der Waals surface area contributed by atoms with E-state index in [-0.39, 0.29) is 23.5 Å². The number of ether oxygens (including phenoxy) is 2. The summed E-state index contributed by atoms with van der Waals surface area (Å²) in [6, 6.07) is 6.51. The van der Waals surface area contributed by atoms with Crippen LogP contribution in [0.1, 0.15) is 53.4 Å². The van der Waals surface area contributed by atoms with Gasteiger partial charge in [-0.25, -0.2) is 4.79 Å². The van der Waals surface area contributed by atoms with E-state index in [1.54, 1.807) is 49.6 Å². The van der Waals surface area contributed by atoms with Gasteiger partial charge in [0, 0.05) is 29.2 Å². The van der Waals surface area contributed by atoms with Gasteiger partial charge >= 0.3 is 12.2 Å². The van der Waals surface area contributed by atoms with Crippen LogP contribution in [-0.2, 0) is 4.74 Å². The van der Waals surface area contributed by atoms with Crippen molar-refractivity contribution < 1.29 is 33.3 Å². The number of carbonyl (C=O) groups excluding carboxylic acids is 1. The van der Waals surface area contributed by atoms with Gasteiger partial charge in [-0.1, -0.05) is 13.0 Å². The van der Waals surface area contributed by atoms with Gasteiger partial charge in [0.15, 0.2) is 6.29 Å². The molecule has 1 aromatic rings. The van der Waals surface area contributed by atoms with Crippen LogP contribution >= 0.6 is 11.8 Å². The summed E-state index contributed by atoms with van der Waals surface area (Å²) >= 11 is 1.62. The van der Waals surface area contributed by atoms with Crippen LogP contribution in [0.4, 0.5) is 13.6 Å². The van der Waals surface area contributed by atoms with Crippen LogP contribution in [0, 0.1) is 11.8 Å². The van der Waals surface area contributed by atoms with Gasteiger partial charge in [0.25, 0.3) is 0 Å². The van der Waals surface area contributed by atoms with Crippen LogP contribution in [0.15, 0.2) is 41.8 Å². The normalized spacial score (nSPS) is 19.0. The van der Waals surface area contributed by atoms with E-state index in [9.17, 15) is 23.8 Å². The second-order valence-electron chi connectivity index (χ2n) is 9.69. The van der Waals surface area contributed by atoms with E-state index in [1.807, 2.05) is 6.92 Å². The second kappa shape index (κ2) is 12.2. The van der Waals surface area contributed by atoms with Gasteiger partial charge in [-0.2, -0.15) is 8.78 Å². The molecule has 0 saturated heterocycles. The first-order valence-corrected chi connectivity index (χ1v) is 12.5. The monoisotopic (exact) mass is 501 g/mol. The van der Waals surface area contributed by atoms with Crippen molar-refractivity contribution in [3.8, 4) is 5.75 Å². The molecule has 2 rings (SSSR count). The predicted molar refractivity (Wildman–Crippen MR) is 129 cm³/mol. The molecule has 1 aromatic carbocycles. The summed E-state index contributed by atoms with van der Waals surface area (Å²) in [5, 5.41) is 20.2. The first kappa shape index (κ1) is 28.4. The molecule has 3 atom stereocenters. The molecule has 1 saturated carbocycles. The summed E-state index contributed by atoms with van der Waals surface area (Å²) in [4.78, 5) is 15.0. The fourth-order valence-corrected chi connectivity index (χ4v) is 4.86. The molecule has 192 valence electrons. The number of thioether (sulfide) groups is 1. The fraction of sp³-hybridized carbons (Fsp3) is 0.640. The highest BCUT2D eigenvalue weighted by Crippen LogP contribution is 2.49. The molecule has 2 N–H and O–H groups in total. The highest BCUT2D eigenvalue weighted by atomic mass is 32.2. The van der Waals surface area contributed by atoms with Crippen LogP contribution in [-0.4, -0.2) is 57.5 Å². The third-order valence-electron chi connectivity index (χ3n) is 5.25. The lowest BCUT2D eigenvalue weighted by molar-refractivity contribution is -0.172. The number of rotatable bonds is 13. The Morgan fingerprint density at radius 3 is 2.47 bits per heavy atom. The predicted octanol–water partition coefficient (Wildman–Crippen LogP) is 5.68. The van der Waals surface area contributed by atoms with E-state index in [1.165, 1.54) is 12.1 Å². The maximum Gasteiger partial charge on any atom is 0.410 e. The number of hydrogen-bond donors (Lipinski definition) is 2. The molecule has 1 aliphatic rings. The summed E-state index contributed by atoms with van der Waals surface area (Å²) in [7, 11) is 0. The van der Waals surface area contributed by atoms with Gasteiger partial charge in [0.1, 0.15) is 11.4 Å². The van der Waals surface area contributed by atoms with Crippen LogP contribution in [0.25, 0.3) is 0 Å². The summed E-state index contributed by atoms with van der Waals surface area (Å²) in [5.74, 6) is -0.130. The molecule has 0 spiro atoms. The number of aliphatic hydroxyl groups is 2. The fourth-order valence-electron chi connectivity index (χ4n) is 3.57. The number of amides is 1. The molecule has 0 aliphatic heterocycles. The largest absolute Gasteiger partial charge is 0.444 e. The number of alkyl halides is 2. The molecule has 1 aliphatic carbocycles. The molecule has 1 fully saturated rings. The van der Waals surface area contributed by atoms with E-state index >= 15 is 0 Å². The average molecular weight is 502 g/mol. The molecule has 9 heteroatoms. The van der Waals surface area contributed by atoms with Gasteiger partial charge < -0.3 is 24.6 Å². The molecule has 0 heterocycles. The van der Waals surface area contributed by atoms with E-state index in [2.05, 4.69) is 6.58 Å². The Bertz CT molecular complexity index is 797. The lowest BCUT2D eigenvalue weighted by atomic mass is 10.0. The van der Waals surface area contributed by atoms with Crippen LogP contribution in [0.2, 0.25) is 0 Å².